The number of nitrogens with one attached hydrogen (secondary N) is 2. The summed E-state index contributed by atoms with van der Waals surface area (Å²) >= 11 is 0. The number of aromatic nitrogens is 4. The van der Waals surface area contributed by atoms with Crippen molar-refractivity contribution < 1.29 is 4.79 Å². The molecule has 2 N–H and O–H groups in total. The second-order valence-electron chi connectivity index (χ2n) is 4.95. The minimum atomic E-state index is -0.0662. The van der Waals surface area contributed by atoms with E-state index < -0.39 is 0 Å². The van der Waals surface area contributed by atoms with Crippen molar-refractivity contribution in [3.05, 3.63) is 24.3 Å². The Hall–Kier alpha value is -2.28. The third-order valence-corrected chi connectivity index (χ3v) is 3.25. The number of tetrazole rings is 1. The van der Waals surface area contributed by atoms with Gasteiger partial charge in [-0.1, -0.05) is 19.1 Å². The Kier molecular flexibility index (Phi) is 4.99. The highest BCUT2D eigenvalue weighted by Crippen LogP contribution is 2.19. The van der Waals surface area contributed by atoms with E-state index in [1.54, 1.807) is 11.7 Å². The molecule has 1 unspecified atom stereocenters. The average Bonchev–Trinajstić information content (AvgIpc) is 2.91. The molecular weight excluding hydrogens is 268 g/mol. The van der Waals surface area contributed by atoms with Crippen LogP contribution in [-0.2, 0) is 11.8 Å². The Morgan fingerprint density at radius 2 is 2.24 bits per heavy atom. The number of rotatable bonds is 6. The zero-order valence-corrected chi connectivity index (χ0v) is 12.5. The SMILES string of the molecule is CCC(C)NCC(=O)Nc1cccc(-c2nnnn2C)c1. The van der Waals surface area contributed by atoms with Crippen LogP contribution < -0.4 is 10.6 Å². The van der Waals surface area contributed by atoms with E-state index in [-0.39, 0.29) is 5.91 Å². The molecule has 0 aliphatic heterocycles. The summed E-state index contributed by atoms with van der Waals surface area (Å²) in [7, 11) is 1.77. The molecule has 0 aliphatic rings. The molecule has 1 amide bonds. The Bertz CT molecular complexity index is 609. The van der Waals surface area contributed by atoms with Crippen LogP contribution in [0.2, 0.25) is 0 Å². The molecule has 7 heteroatoms. The molecule has 21 heavy (non-hydrogen) atoms. The van der Waals surface area contributed by atoms with Gasteiger partial charge in [0.15, 0.2) is 5.82 Å². The van der Waals surface area contributed by atoms with E-state index in [1.165, 1.54) is 0 Å². The van der Waals surface area contributed by atoms with Crippen molar-refractivity contribution in [1.29, 1.82) is 0 Å². The molecule has 2 rings (SSSR count). The van der Waals surface area contributed by atoms with E-state index in [0.717, 1.165) is 17.7 Å². The third-order valence-electron chi connectivity index (χ3n) is 3.25. The number of aryl methyl sites for hydroxylation is 1. The summed E-state index contributed by atoms with van der Waals surface area (Å²) in [6.07, 6.45) is 0.988. The van der Waals surface area contributed by atoms with Gasteiger partial charge in [0.25, 0.3) is 0 Å². The molecule has 0 bridgehead atoms. The molecule has 0 saturated carbocycles. The lowest BCUT2D eigenvalue weighted by atomic mass is 10.2. The summed E-state index contributed by atoms with van der Waals surface area (Å²) in [6.45, 7) is 4.42. The van der Waals surface area contributed by atoms with Gasteiger partial charge in [-0.05, 0) is 35.9 Å². The van der Waals surface area contributed by atoms with Crippen LogP contribution in [-0.4, -0.2) is 38.7 Å². The highest BCUT2D eigenvalue weighted by Gasteiger charge is 2.08. The van der Waals surface area contributed by atoms with Gasteiger partial charge >= 0.3 is 0 Å². The Morgan fingerprint density at radius 3 is 2.90 bits per heavy atom. The fourth-order valence-electron chi connectivity index (χ4n) is 1.83. The first-order valence-electron chi connectivity index (χ1n) is 6.96. The monoisotopic (exact) mass is 288 g/mol. The fraction of sp³-hybridized carbons (Fsp3) is 0.429. The van der Waals surface area contributed by atoms with Crippen LogP contribution in [0.5, 0.6) is 0 Å². The highest BCUT2D eigenvalue weighted by molar-refractivity contribution is 5.92. The van der Waals surface area contributed by atoms with Crippen LogP contribution in [0.3, 0.4) is 0 Å². The zero-order valence-electron chi connectivity index (χ0n) is 12.5. The van der Waals surface area contributed by atoms with Crippen LogP contribution >= 0.6 is 0 Å². The van der Waals surface area contributed by atoms with Gasteiger partial charge in [-0.25, -0.2) is 4.68 Å². The topological polar surface area (TPSA) is 84.7 Å². The third kappa shape index (κ3) is 4.09. The predicted molar refractivity (Wildman–Crippen MR) is 80.6 cm³/mol. The average molecular weight is 288 g/mol. The van der Waals surface area contributed by atoms with Crippen molar-refractivity contribution >= 4 is 11.6 Å². The maximum atomic E-state index is 11.9. The normalized spacial score (nSPS) is 12.1. The Labute approximate surface area is 123 Å². The number of carbonyl (C=O) groups excluding carboxylic acids is 1. The van der Waals surface area contributed by atoms with E-state index in [1.807, 2.05) is 24.3 Å². The van der Waals surface area contributed by atoms with Gasteiger partial charge < -0.3 is 10.6 Å². The first-order chi connectivity index (χ1) is 10.1. The molecule has 0 radical (unpaired) electrons. The smallest absolute Gasteiger partial charge is 0.238 e. The Morgan fingerprint density at radius 1 is 1.43 bits per heavy atom. The number of anilines is 1. The summed E-state index contributed by atoms with van der Waals surface area (Å²) in [5.74, 6) is 0.590. The number of carbonyl (C=O) groups is 1. The number of benzene rings is 1. The number of amides is 1. The molecule has 2 aromatic rings. The predicted octanol–water partition coefficient (Wildman–Crippen LogP) is 1.20. The quantitative estimate of drug-likeness (QED) is 0.834. The van der Waals surface area contributed by atoms with Gasteiger partial charge in [0.1, 0.15) is 0 Å². The van der Waals surface area contributed by atoms with E-state index in [4.69, 9.17) is 0 Å². The molecular formula is C14H20N6O. The number of hydrogen-bond acceptors (Lipinski definition) is 5. The molecule has 1 heterocycles. The van der Waals surface area contributed by atoms with Gasteiger partial charge in [-0.2, -0.15) is 0 Å². The molecule has 0 fully saturated rings. The van der Waals surface area contributed by atoms with Crippen molar-refractivity contribution in [2.75, 3.05) is 11.9 Å². The molecule has 0 saturated heterocycles. The van der Waals surface area contributed by atoms with Crippen LogP contribution in [0.4, 0.5) is 5.69 Å². The zero-order chi connectivity index (χ0) is 15.2. The van der Waals surface area contributed by atoms with Gasteiger partial charge in [0.2, 0.25) is 5.91 Å². The van der Waals surface area contributed by atoms with Gasteiger partial charge in [-0.15, -0.1) is 5.10 Å². The molecule has 7 nitrogen and oxygen atoms in total. The van der Waals surface area contributed by atoms with Crippen LogP contribution in [0.1, 0.15) is 20.3 Å². The van der Waals surface area contributed by atoms with Crippen molar-refractivity contribution in [2.24, 2.45) is 7.05 Å². The lowest BCUT2D eigenvalue weighted by molar-refractivity contribution is -0.115. The van der Waals surface area contributed by atoms with Crippen LogP contribution in [0, 0.1) is 0 Å². The minimum Gasteiger partial charge on any atom is -0.325 e. The summed E-state index contributed by atoms with van der Waals surface area (Å²) in [5.41, 5.74) is 1.58. The van der Waals surface area contributed by atoms with E-state index >= 15 is 0 Å². The van der Waals surface area contributed by atoms with Crippen LogP contribution in [0.15, 0.2) is 24.3 Å². The first kappa shape index (κ1) is 15.1. The van der Waals surface area contributed by atoms with Crippen molar-refractivity contribution in [2.45, 2.75) is 26.3 Å². The molecule has 1 atom stereocenters. The van der Waals surface area contributed by atoms with E-state index in [2.05, 4.69) is 40.0 Å². The van der Waals surface area contributed by atoms with E-state index in [9.17, 15) is 4.79 Å². The molecule has 0 spiro atoms. The van der Waals surface area contributed by atoms with Crippen LogP contribution in [0.25, 0.3) is 11.4 Å². The first-order valence-corrected chi connectivity index (χ1v) is 6.96. The molecule has 1 aromatic heterocycles. The maximum Gasteiger partial charge on any atom is 0.238 e. The van der Waals surface area contributed by atoms with Gasteiger partial charge in [0.05, 0.1) is 6.54 Å². The molecule has 1 aromatic carbocycles. The van der Waals surface area contributed by atoms with Gasteiger partial charge in [0, 0.05) is 24.3 Å². The minimum absolute atomic E-state index is 0.0662. The lowest BCUT2D eigenvalue weighted by Crippen LogP contribution is -2.33. The van der Waals surface area contributed by atoms with Crippen molar-refractivity contribution in [3.8, 4) is 11.4 Å². The largest absolute Gasteiger partial charge is 0.325 e. The van der Waals surface area contributed by atoms with Gasteiger partial charge in [-0.3, -0.25) is 4.79 Å². The summed E-state index contributed by atoms with van der Waals surface area (Å²) < 4.78 is 1.59. The standard InChI is InChI=1S/C14H20N6O/c1-4-10(2)15-9-13(21)16-12-7-5-6-11(8-12)14-17-18-19-20(14)3/h5-8,10,15H,4,9H2,1-3H3,(H,16,21). The lowest BCUT2D eigenvalue weighted by Gasteiger charge is -2.11. The summed E-state index contributed by atoms with van der Waals surface area (Å²) in [5, 5.41) is 17.4. The fourth-order valence-corrected chi connectivity index (χ4v) is 1.83. The second kappa shape index (κ2) is 6.94. The van der Waals surface area contributed by atoms with E-state index in [0.29, 0.717) is 18.4 Å². The number of hydrogen-bond donors (Lipinski definition) is 2. The summed E-state index contributed by atoms with van der Waals surface area (Å²) in [4.78, 5) is 11.9. The summed E-state index contributed by atoms with van der Waals surface area (Å²) in [6, 6.07) is 7.79. The highest BCUT2D eigenvalue weighted by atomic mass is 16.1. The van der Waals surface area contributed by atoms with Crippen molar-refractivity contribution in [3.63, 3.8) is 0 Å². The molecule has 0 aliphatic carbocycles. The molecule has 112 valence electrons. The number of nitrogens with zero attached hydrogens (tertiary/aromatic N) is 4. The Balaban J connectivity index is 2.02. The maximum absolute atomic E-state index is 11.9. The second-order valence-corrected chi connectivity index (χ2v) is 4.95. The van der Waals surface area contributed by atoms with Crippen molar-refractivity contribution in [1.82, 2.24) is 25.5 Å².